The maximum atomic E-state index is 15.2. The number of ether oxygens (including phenoxy) is 1. The van der Waals surface area contributed by atoms with Gasteiger partial charge in [0.2, 0.25) is 5.91 Å². The summed E-state index contributed by atoms with van der Waals surface area (Å²) in [5.74, 6) is -0.911. The van der Waals surface area contributed by atoms with E-state index in [9.17, 15) is 9.18 Å². The molecule has 0 radical (unpaired) electrons. The first-order valence-electron chi connectivity index (χ1n) is 17.0. The van der Waals surface area contributed by atoms with Crippen molar-refractivity contribution in [1.29, 1.82) is 0 Å². The van der Waals surface area contributed by atoms with Crippen molar-refractivity contribution in [1.82, 2.24) is 25.0 Å². The molecule has 3 fully saturated rings. The number of rotatable bonds is 6. The normalized spacial score (nSPS) is 24.7. The van der Waals surface area contributed by atoms with Gasteiger partial charge in [-0.05, 0) is 100 Å². The van der Waals surface area contributed by atoms with Gasteiger partial charge in [0.05, 0.1) is 5.54 Å². The van der Waals surface area contributed by atoms with Crippen LogP contribution in [0.2, 0.25) is 5.02 Å². The number of aromatic nitrogens is 3. The number of halogens is 3. The minimum absolute atomic E-state index is 0.0706. The number of anilines is 1. The van der Waals surface area contributed by atoms with E-state index < -0.39 is 17.2 Å². The van der Waals surface area contributed by atoms with Gasteiger partial charge in [-0.3, -0.25) is 9.48 Å². The highest BCUT2D eigenvalue weighted by atomic mass is 35.5. The number of fused-ring (bicyclic) bond motifs is 2. The standard InChI is InChI=1S/C36H45ClF2N6O2/c1-22-15-32-29(19-30(22)37)36(20-45(32)35(2,3)34-40-21-41-43(34)4)9-11-44(12-10-36)33(46)28-18-25(42-24-7-13-47-14-8-24)17-27(28)26-6-5-23(38)16-31(26)39/h5-6,15-16,19,21,24-25,27-28,42H,7-14,17-18,20H2,1-4H3/t25?,27-,28+/m0/s1. The average molecular weight is 667 g/mol. The molecule has 8 nitrogen and oxygen atoms in total. The Morgan fingerprint density at radius 2 is 1.83 bits per heavy atom. The van der Waals surface area contributed by atoms with E-state index in [1.165, 1.54) is 17.7 Å². The molecule has 1 N–H and O–H groups in total. The number of hydrogen-bond donors (Lipinski definition) is 1. The summed E-state index contributed by atoms with van der Waals surface area (Å²) in [5.41, 5.74) is 3.24. The van der Waals surface area contributed by atoms with Gasteiger partial charge >= 0.3 is 0 Å². The smallest absolute Gasteiger partial charge is 0.226 e. The molecule has 4 aliphatic rings. The van der Waals surface area contributed by atoms with E-state index >= 15 is 4.39 Å². The van der Waals surface area contributed by atoms with Gasteiger partial charge in [0, 0.05) is 80.1 Å². The molecule has 1 amide bonds. The lowest BCUT2D eigenvalue weighted by atomic mass is 9.73. The maximum absolute atomic E-state index is 15.2. The Hall–Kier alpha value is -3.08. The number of aryl methyl sites for hydroxylation is 2. The predicted molar refractivity (Wildman–Crippen MR) is 178 cm³/mol. The molecular weight excluding hydrogens is 622 g/mol. The van der Waals surface area contributed by atoms with Gasteiger partial charge in [0.25, 0.3) is 0 Å². The molecule has 7 rings (SSSR count). The molecule has 1 saturated carbocycles. The molecule has 3 aromatic rings. The van der Waals surface area contributed by atoms with Crippen molar-refractivity contribution in [2.75, 3.05) is 37.7 Å². The minimum Gasteiger partial charge on any atom is -0.381 e. The van der Waals surface area contributed by atoms with Crippen molar-refractivity contribution in [2.45, 2.75) is 88.3 Å². The van der Waals surface area contributed by atoms with Gasteiger partial charge in [-0.2, -0.15) is 5.10 Å². The molecule has 1 aromatic heterocycles. The van der Waals surface area contributed by atoms with Crippen molar-refractivity contribution in [3.05, 3.63) is 75.8 Å². The highest BCUT2D eigenvalue weighted by molar-refractivity contribution is 6.31. The second kappa shape index (κ2) is 12.4. The molecule has 1 aliphatic carbocycles. The van der Waals surface area contributed by atoms with Crippen LogP contribution in [-0.4, -0.2) is 70.5 Å². The highest BCUT2D eigenvalue weighted by Crippen LogP contribution is 2.52. The summed E-state index contributed by atoms with van der Waals surface area (Å²) in [6, 6.07) is 8.51. The van der Waals surface area contributed by atoms with Gasteiger partial charge in [-0.25, -0.2) is 13.8 Å². The third kappa shape index (κ3) is 5.84. The van der Waals surface area contributed by atoms with Crippen LogP contribution in [0.5, 0.6) is 0 Å². The van der Waals surface area contributed by atoms with Crippen molar-refractivity contribution in [2.24, 2.45) is 13.0 Å². The van der Waals surface area contributed by atoms with Crippen molar-refractivity contribution in [3.63, 3.8) is 0 Å². The number of nitrogens with zero attached hydrogens (tertiary/aromatic N) is 5. The highest BCUT2D eigenvalue weighted by Gasteiger charge is 2.51. The summed E-state index contributed by atoms with van der Waals surface area (Å²) in [7, 11) is 1.92. The number of carbonyl (C=O) groups excluding carboxylic acids is 1. The average Bonchev–Trinajstić information content (AvgIpc) is 3.75. The van der Waals surface area contributed by atoms with Crippen LogP contribution < -0.4 is 10.2 Å². The molecule has 2 saturated heterocycles. The van der Waals surface area contributed by atoms with Crippen LogP contribution >= 0.6 is 11.6 Å². The number of benzene rings is 2. The van der Waals surface area contributed by atoms with E-state index in [2.05, 4.69) is 46.3 Å². The van der Waals surface area contributed by atoms with E-state index in [1.54, 1.807) is 6.33 Å². The number of hydrogen-bond acceptors (Lipinski definition) is 6. The molecule has 3 atom stereocenters. The van der Waals surface area contributed by atoms with E-state index in [4.69, 9.17) is 16.3 Å². The molecule has 0 bridgehead atoms. The van der Waals surface area contributed by atoms with Crippen LogP contribution in [0.15, 0.2) is 36.7 Å². The van der Waals surface area contributed by atoms with E-state index in [-0.39, 0.29) is 29.2 Å². The molecule has 1 unspecified atom stereocenters. The quantitative estimate of drug-likeness (QED) is 0.348. The Kier molecular flexibility index (Phi) is 8.58. The molecule has 252 valence electrons. The topological polar surface area (TPSA) is 75.5 Å². The number of likely N-dealkylation sites (tertiary alicyclic amines) is 1. The SMILES string of the molecule is Cc1cc2c(cc1Cl)C1(CCN(C(=O)[C@@H]3CC(NC4CCOCC4)C[C@H]3c3ccc(F)cc3F)CC1)CN2C(C)(C)c1ncnn1C. The first kappa shape index (κ1) is 32.5. The molecule has 4 heterocycles. The Labute approximate surface area is 280 Å². The summed E-state index contributed by atoms with van der Waals surface area (Å²) < 4.78 is 36.5. The van der Waals surface area contributed by atoms with Crippen LogP contribution in [0.25, 0.3) is 0 Å². The lowest BCUT2D eigenvalue weighted by Crippen LogP contribution is -2.51. The Morgan fingerprint density at radius 3 is 2.51 bits per heavy atom. The van der Waals surface area contributed by atoms with Gasteiger partial charge in [0.15, 0.2) is 5.82 Å². The van der Waals surface area contributed by atoms with Crippen LogP contribution in [-0.2, 0) is 27.5 Å². The first-order chi connectivity index (χ1) is 22.5. The summed E-state index contributed by atoms with van der Waals surface area (Å²) in [5, 5.41) is 8.85. The van der Waals surface area contributed by atoms with Crippen molar-refractivity contribution < 1.29 is 18.3 Å². The van der Waals surface area contributed by atoms with Crippen LogP contribution in [0.1, 0.15) is 80.8 Å². The van der Waals surface area contributed by atoms with Crippen LogP contribution in [0, 0.1) is 24.5 Å². The van der Waals surface area contributed by atoms with Crippen molar-refractivity contribution >= 4 is 23.2 Å². The fraction of sp³-hybridized carbons (Fsp3) is 0.583. The molecule has 11 heteroatoms. The lowest BCUT2D eigenvalue weighted by Gasteiger charge is -2.43. The Bertz CT molecular complexity index is 1650. The third-order valence-electron chi connectivity index (χ3n) is 11.5. The second-order valence-corrected chi connectivity index (χ2v) is 15.1. The second-order valence-electron chi connectivity index (χ2n) is 14.7. The molecule has 1 spiro atoms. The number of carbonyl (C=O) groups is 1. The zero-order chi connectivity index (χ0) is 33.1. The van der Waals surface area contributed by atoms with E-state index in [0.717, 1.165) is 73.6 Å². The predicted octanol–water partition coefficient (Wildman–Crippen LogP) is 6.00. The molecular formula is C36H45ClF2N6O2. The Balaban J connectivity index is 1.13. The Morgan fingerprint density at radius 1 is 1.09 bits per heavy atom. The number of piperidine rings is 1. The van der Waals surface area contributed by atoms with Gasteiger partial charge in [0.1, 0.15) is 18.0 Å². The monoisotopic (exact) mass is 666 g/mol. The molecule has 3 aliphatic heterocycles. The number of amides is 1. The molecule has 2 aromatic carbocycles. The molecule has 47 heavy (non-hydrogen) atoms. The van der Waals surface area contributed by atoms with Crippen molar-refractivity contribution in [3.8, 4) is 0 Å². The maximum Gasteiger partial charge on any atom is 0.226 e. The fourth-order valence-corrected chi connectivity index (χ4v) is 9.03. The van der Waals surface area contributed by atoms with Crippen LogP contribution in [0.3, 0.4) is 0 Å². The summed E-state index contributed by atoms with van der Waals surface area (Å²) in [6.07, 6.45) is 6.31. The van der Waals surface area contributed by atoms with Crippen LogP contribution in [0.4, 0.5) is 14.5 Å². The third-order valence-corrected chi connectivity index (χ3v) is 11.9. The van der Waals surface area contributed by atoms with Gasteiger partial charge in [-0.15, -0.1) is 0 Å². The minimum atomic E-state index is -0.603. The summed E-state index contributed by atoms with van der Waals surface area (Å²) in [6.45, 7) is 9.84. The summed E-state index contributed by atoms with van der Waals surface area (Å²) >= 11 is 6.75. The zero-order valence-electron chi connectivity index (χ0n) is 27.7. The van der Waals surface area contributed by atoms with E-state index in [0.29, 0.717) is 37.5 Å². The largest absolute Gasteiger partial charge is 0.381 e. The van der Waals surface area contributed by atoms with E-state index in [1.807, 2.05) is 23.6 Å². The fourth-order valence-electron chi connectivity index (χ4n) is 8.86. The number of nitrogens with one attached hydrogen (secondary N) is 1. The van der Waals surface area contributed by atoms with Gasteiger partial charge in [-0.1, -0.05) is 17.7 Å². The zero-order valence-corrected chi connectivity index (χ0v) is 28.5. The first-order valence-corrected chi connectivity index (χ1v) is 17.3. The summed E-state index contributed by atoms with van der Waals surface area (Å²) in [4.78, 5) is 23.4. The van der Waals surface area contributed by atoms with Gasteiger partial charge < -0.3 is 19.9 Å². The lowest BCUT2D eigenvalue weighted by molar-refractivity contribution is -0.137.